The number of nitrogens with zero attached hydrogens (tertiary/aromatic N) is 1. The lowest BCUT2D eigenvalue weighted by Crippen LogP contribution is -2.45. The third-order valence-electron chi connectivity index (χ3n) is 2.25. The van der Waals surface area contributed by atoms with E-state index >= 15 is 0 Å². The van der Waals surface area contributed by atoms with Crippen molar-refractivity contribution in [1.82, 2.24) is 4.90 Å². The molecule has 1 saturated heterocycles. The summed E-state index contributed by atoms with van der Waals surface area (Å²) < 4.78 is 5.21. The summed E-state index contributed by atoms with van der Waals surface area (Å²) in [6, 6.07) is 0.207. The Bertz CT molecular complexity index is 204. The van der Waals surface area contributed by atoms with Crippen LogP contribution in [0.15, 0.2) is 0 Å². The number of hydrogen-bond acceptors (Lipinski definition) is 3. The van der Waals surface area contributed by atoms with Crippen LogP contribution >= 0.6 is 0 Å². The summed E-state index contributed by atoms with van der Waals surface area (Å²) in [5.74, 6) is -0.211. The summed E-state index contributed by atoms with van der Waals surface area (Å²) in [6.07, 6.45) is 2.90. The fraction of sp³-hybridized carbons (Fsp3) is 0.818. The average molecular weight is 198 g/mol. The molecule has 1 fully saturated rings. The Hall–Kier alpha value is -0.570. The van der Waals surface area contributed by atoms with Crippen LogP contribution in [0, 0.1) is 6.42 Å². The van der Waals surface area contributed by atoms with Crippen LogP contribution in [0.2, 0.25) is 0 Å². The minimum absolute atomic E-state index is 0.207. The van der Waals surface area contributed by atoms with Crippen LogP contribution in [0.25, 0.3) is 0 Å². The monoisotopic (exact) mass is 198 g/mol. The van der Waals surface area contributed by atoms with Gasteiger partial charge in [0.2, 0.25) is 0 Å². The van der Waals surface area contributed by atoms with Gasteiger partial charge >= 0.3 is 5.97 Å². The van der Waals surface area contributed by atoms with E-state index in [2.05, 4.69) is 4.90 Å². The van der Waals surface area contributed by atoms with Crippen LogP contribution in [-0.4, -0.2) is 35.6 Å². The van der Waals surface area contributed by atoms with Gasteiger partial charge in [-0.2, -0.15) is 0 Å². The van der Waals surface area contributed by atoms with Crippen LogP contribution in [0.4, 0.5) is 0 Å². The molecule has 0 spiro atoms. The van der Waals surface area contributed by atoms with Crippen molar-refractivity contribution in [3.8, 4) is 0 Å². The van der Waals surface area contributed by atoms with Crippen LogP contribution in [0.1, 0.15) is 34.1 Å². The first-order valence-electron chi connectivity index (χ1n) is 5.20. The van der Waals surface area contributed by atoms with Crippen molar-refractivity contribution in [2.75, 3.05) is 13.1 Å². The highest BCUT2D eigenvalue weighted by atomic mass is 16.6. The van der Waals surface area contributed by atoms with E-state index in [1.807, 2.05) is 27.7 Å². The Kier molecular flexibility index (Phi) is 3.53. The van der Waals surface area contributed by atoms with Gasteiger partial charge in [0.05, 0.1) is 6.42 Å². The number of rotatable bonds is 3. The molecule has 0 bridgehead atoms. The third kappa shape index (κ3) is 3.66. The van der Waals surface area contributed by atoms with E-state index in [4.69, 9.17) is 4.74 Å². The van der Waals surface area contributed by atoms with Gasteiger partial charge in [-0.3, -0.25) is 9.69 Å². The number of ether oxygens (including phenoxy) is 1. The number of esters is 1. The average Bonchev–Trinajstić information content (AvgIpc) is 1.75. The summed E-state index contributed by atoms with van der Waals surface area (Å²) in [4.78, 5) is 13.7. The molecule has 0 N–H and O–H groups in total. The van der Waals surface area contributed by atoms with Crippen molar-refractivity contribution in [3.05, 3.63) is 6.42 Å². The molecule has 1 aliphatic rings. The number of hydrogen-bond donors (Lipinski definition) is 0. The fourth-order valence-corrected chi connectivity index (χ4v) is 1.39. The Balaban J connectivity index is 2.25. The molecule has 3 heteroatoms. The summed E-state index contributed by atoms with van der Waals surface area (Å²) >= 11 is 0. The maximum atomic E-state index is 11.4. The van der Waals surface area contributed by atoms with Gasteiger partial charge in [-0.05, 0) is 47.2 Å². The molecule has 1 aliphatic heterocycles. The van der Waals surface area contributed by atoms with Crippen LogP contribution in [0.3, 0.4) is 0 Å². The first kappa shape index (κ1) is 11.5. The number of carbonyl (C=O) groups is 1. The minimum Gasteiger partial charge on any atom is -0.460 e. The van der Waals surface area contributed by atoms with Gasteiger partial charge in [-0.25, -0.2) is 0 Å². The molecule has 0 aromatic carbocycles. The molecule has 1 heterocycles. The van der Waals surface area contributed by atoms with E-state index in [1.165, 1.54) is 6.42 Å². The normalized spacial score (nSPS) is 20.0. The van der Waals surface area contributed by atoms with E-state index in [0.717, 1.165) is 13.1 Å². The topological polar surface area (TPSA) is 29.5 Å². The molecule has 0 aliphatic carbocycles. The fourth-order valence-electron chi connectivity index (χ4n) is 1.39. The number of likely N-dealkylation sites (tertiary alicyclic amines) is 1. The second kappa shape index (κ2) is 4.30. The quantitative estimate of drug-likeness (QED) is 0.645. The zero-order valence-corrected chi connectivity index (χ0v) is 9.54. The minimum atomic E-state index is -0.387. The lowest BCUT2D eigenvalue weighted by molar-refractivity contribution is -0.151. The summed E-state index contributed by atoms with van der Waals surface area (Å²) in [5.41, 5.74) is -0.387. The van der Waals surface area contributed by atoms with Gasteiger partial charge < -0.3 is 4.74 Å². The van der Waals surface area contributed by atoms with Crippen molar-refractivity contribution >= 4 is 5.97 Å². The Morgan fingerprint density at radius 1 is 1.43 bits per heavy atom. The largest absolute Gasteiger partial charge is 0.460 e. The highest BCUT2D eigenvalue weighted by molar-refractivity contribution is 5.80. The zero-order valence-electron chi connectivity index (χ0n) is 9.54. The smallest absolute Gasteiger partial charge is 0.311 e. The van der Waals surface area contributed by atoms with Gasteiger partial charge in [-0.15, -0.1) is 0 Å². The molecule has 1 atom stereocenters. The maximum Gasteiger partial charge on any atom is 0.311 e. The Morgan fingerprint density at radius 2 is 2.00 bits per heavy atom. The van der Waals surface area contributed by atoms with Crippen molar-refractivity contribution in [1.29, 1.82) is 0 Å². The van der Waals surface area contributed by atoms with Crippen molar-refractivity contribution in [3.63, 3.8) is 0 Å². The first-order valence-corrected chi connectivity index (χ1v) is 5.20. The van der Waals surface area contributed by atoms with Gasteiger partial charge in [0.15, 0.2) is 0 Å². The van der Waals surface area contributed by atoms with Gasteiger partial charge in [0.1, 0.15) is 5.60 Å². The van der Waals surface area contributed by atoms with E-state index < -0.39 is 0 Å². The second-order valence-electron chi connectivity index (χ2n) is 4.83. The Labute approximate surface area is 86.4 Å². The third-order valence-corrected chi connectivity index (χ3v) is 2.25. The van der Waals surface area contributed by atoms with Gasteiger partial charge in [-0.1, -0.05) is 0 Å². The van der Waals surface area contributed by atoms with E-state index in [1.54, 1.807) is 6.42 Å². The van der Waals surface area contributed by atoms with Crippen LogP contribution < -0.4 is 0 Å². The molecule has 0 aromatic rings. The molecular weight excluding hydrogens is 178 g/mol. The molecule has 1 rings (SSSR count). The Morgan fingerprint density at radius 3 is 2.36 bits per heavy atom. The van der Waals surface area contributed by atoms with Crippen LogP contribution in [-0.2, 0) is 9.53 Å². The highest BCUT2D eigenvalue weighted by Crippen LogP contribution is 2.15. The lowest BCUT2D eigenvalue weighted by Gasteiger charge is -2.36. The highest BCUT2D eigenvalue weighted by Gasteiger charge is 2.25. The summed E-state index contributed by atoms with van der Waals surface area (Å²) in [5, 5.41) is 0. The maximum absolute atomic E-state index is 11.4. The number of carbonyl (C=O) groups excluding carboxylic acids is 1. The predicted octanol–water partition coefficient (Wildman–Crippen LogP) is 1.63. The van der Waals surface area contributed by atoms with E-state index in [9.17, 15) is 4.79 Å². The van der Waals surface area contributed by atoms with Crippen molar-refractivity contribution in [2.45, 2.75) is 45.8 Å². The standard InChI is InChI=1S/C11H20NO2/c1-9(12-6-5-7-12)8-10(13)14-11(2,3)4/h8-9H,5-7H2,1-4H3. The molecule has 0 saturated carbocycles. The first-order chi connectivity index (χ1) is 6.38. The van der Waals surface area contributed by atoms with Crippen molar-refractivity contribution in [2.24, 2.45) is 0 Å². The summed E-state index contributed by atoms with van der Waals surface area (Å²) in [6.45, 7) is 9.87. The predicted molar refractivity (Wildman–Crippen MR) is 55.8 cm³/mol. The second-order valence-corrected chi connectivity index (χ2v) is 4.83. The molecule has 14 heavy (non-hydrogen) atoms. The van der Waals surface area contributed by atoms with E-state index in [-0.39, 0.29) is 17.6 Å². The van der Waals surface area contributed by atoms with Crippen molar-refractivity contribution < 1.29 is 9.53 Å². The molecule has 1 radical (unpaired) electrons. The molecular formula is C11H20NO2. The SMILES string of the molecule is CC([CH]C(=O)OC(C)(C)C)N1CCC1. The summed E-state index contributed by atoms with van der Waals surface area (Å²) in [7, 11) is 0. The molecule has 0 amide bonds. The zero-order chi connectivity index (χ0) is 10.8. The van der Waals surface area contributed by atoms with Gasteiger partial charge in [0, 0.05) is 6.04 Å². The lowest BCUT2D eigenvalue weighted by atomic mass is 10.1. The molecule has 81 valence electrons. The van der Waals surface area contributed by atoms with Gasteiger partial charge in [0.25, 0.3) is 0 Å². The van der Waals surface area contributed by atoms with Crippen LogP contribution in [0.5, 0.6) is 0 Å². The molecule has 3 nitrogen and oxygen atoms in total. The molecule has 1 unspecified atom stereocenters. The van der Waals surface area contributed by atoms with E-state index in [0.29, 0.717) is 0 Å². The molecule has 0 aromatic heterocycles.